The Kier molecular flexibility index (Phi) is 2.40. The van der Waals surface area contributed by atoms with Crippen molar-refractivity contribution in [3.63, 3.8) is 0 Å². The summed E-state index contributed by atoms with van der Waals surface area (Å²) in [5.74, 6) is -0.372. The zero-order valence-electron chi connectivity index (χ0n) is 5.56. The van der Waals surface area contributed by atoms with Crippen molar-refractivity contribution in [2.45, 2.75) is 6.18 Å². The summed E-state index contributed by atoms with van der Waals surface area (Å²) in [6.07, 6.45) is -3.43. The number of nitrogen functional groups attached to an aromatic ring is 1. The van der Waals surface area contributed by atoms with Gasteiger partial charge in [-0.05, 0) is 22.6 Å². The van der Waals surface area contributed by atoms with Crippen molar-refractivity contribution < 1.29 is 13.2 Å². The van der Waals surface area contributed by atoms with Gasteiger partial charge in [0.1, 0.15) is 0 Å². The molecule has 0 bridgehead atoms. The number of anilines is 1. The van der Waals surface area contributed by atoms with Crippen molar-refractivity contribution in [1.29, 1.82) is 0 Å². The predicted octanol–water partition coefficient (Wildman–Crippen LogP) is 1.68. The van der Waals surface area contributed by atoms with Crippen LogP contribution in [0.1, 0.15) is 5.69 Å². The zero-order chi connectivity index (χ0) is 9.35. The Labute approximate surface area is 79.3 Å². The summed E-state index contributed by atoms with van der Waals surface area (Å²) in [5.41, 5.74) is 4.01. The molecule has 1 aromatic rings. The molecule has 0 atom stereocenters. The minimum Gasteiger partial charge on any atom is -0.368 e. The molecule has 0 aliphatic carbocycles. The van der Waals surface area contributed by atoms with E-state index in [2.05, 4.69) is 9.97 Å². The van der Waals surface area contributed by atoms with E-state index in [9.17, 15) is 13.2 Å². The van der Waals surface area contributed by atoms with E-state index in [0.29, 0.717) is 0 Å². The van der Waals surface area contributed by atoms with E-state index in [1.165, 1.54) is 22.6 Å². The number of nitrogens with two attached hydrogens (primary N) is 1. The second-order valence-electron chi connectivity index (χ2n) is 1.92. The Morgan fingerprint density at radius 3 is 2.42 bits per heavy atom. The maximum Gasteiger partial charge on any atom is 0.434 e. The maximum atomic E-state index is 12.1. The third-order valence-electron chi connectivity index (χ3n) is 1.03. The molecule has 0 saturated heterocycles. The Morgan fingerprint density at radius 2 is 2.00 bits per heavy atom. The van der Waals surface area contributed by atoms with Gasteiger partial charge in [0, 0.05) is 6.20 Å². The van der Waals surface area contributed by atoms with Crippen LogP contribution in [-0.4, -0.2) is 9.97 Å². The first-order valence-corrected chi connectivity index (χ1v) is 3.84. The first-order valence-electron chi connectivity index (χ1n) is 2.76. The standard InChI is InChI=1S/C5H3F3IN3/c6-5(7,8)3-2(9)1-11-4(10)12-3/h1H,(H2,10,11,12). The average molecular weight is 289 g/mol. The number of aromatic nitrogens is 2. The van der Waals surface area contributed by atoms with Gasteiger partial charge >= 0.3 is 6.18 Å². The normalized spacial score (nSPS) is 11.7. The van der Waals surface area contributed by atoms with Gasteiger partial charge in [-0.25, -0.2) is 9.97 Å². The van der Waals surface area contributed by atoms with Crippen molar-refractivity contribution in [3.05, 3.63) is 15.5 Å². The monoisotopic (exact) mass is 289 g/mol. The Morgan fingerprint density at radius 1 is 1.42 bits per heavy atom. The summed E-state index contributed by atoms with van der Waals surface area (Å²) in [4.78, 5) is 6.49. The van der Waals surface area contributed by atoms with Gasteiger partial charge in [-0.2, -0.15) is 13.2 Å². The van der Waals surface area contributed by atoms with Crippen molar-refractivity contribution in [2.24, 2.45) is 0 Å². The molecule has 1 rings (SSSR count). The van der Waals surface area contributed by atoms with Crippen LogP contribution in [0.5, 0.6) is 0 Å². The molecule has 0 aromatic carbocycles. The molecule has 0 saturated carbocycles. The summed E-state index contributed by atoms with van der Waals surface area (Å²) in [6, 6.07) is 0. The molecular weight excluding hydrogens is 286 g/mol. The Hall–Kier alpha value is -0.600. The largest absolute Gasteiger partial charge is 0.434 e. The van der Waals surface area contributed by atoms with Crippen LogP contribution in [0.3, 0.4) is 0 Å². The van der Waals surface area contributed by atoms with Crippen LogP contribution in [-0.2, 0) is 6.18 Å². The van der Waals surface area contributed by atoms with E-state index < -0.39 is 11.9 Å². The highest BCUT2D eigenvalue weighted by Crippen LogP contribution is 2.30. The number of hydrogen-bond acceptors (Lipinski definition) is 3. The molecule has 66 valence electrons. The SMILES string of the molecule is Nc1ncc(I)c(C(F)(F)F)n1. The van der Waals surface area contributed by atoms with Gasteiger partial charge in [0.15, 0.2) is 5.69 Å². The van der Waals surface area contributed by atoms with Crippen molar-refractivity contribution in [2.75, 3.05) is 5.73 Å². The lowest BCUT2D eigenvalue weighted by molar-refractivity contribution is -0.141. The molecular formula is C5H3F3IN3. The molecule has 1 heterocycles. The summed E-state index contributed by atoms with van der Waals surface area (Å²) in [7, 11) is 0. The van der Waals surface area contributed by atoms with Crippen LogP contribution < -0.4 is 5.73 Å². The average Bonchev–Trinajstić information content (AvgIpc) is 1.92. The zero-order valence-corrected chi connectivity index (χ0v) is 7.72. The van der Waals surface area contributed by atoms with Crippen LogP contribution in [0, 0.1) is 3.57 Å². The fraction of sp³-hybridized carbons (Fsp3) is 0.200. The highest BCUT2D eigenvalue weighted by Gasteiger charge is 2.35. The fourth-order valence-corrected chi connectivity index (χ4v) is 1.15. The Balaban J connectivity index is 3.23. The summed E-state index contributed by atoms with van der Waals surface area (Å²) in [6.45, 7) is 0. The molecule has 2 N–H and O–H groups in total. The fourth-order valence-electron chi connectivity index (χ4n) is 0.580. The highest BCUT2D eigenvalue weighted by atomic mass is 127. The second-order valence-corrected chi connectivity index (χ2v) is 3.08. The minimum atomic E-state index is -4.46. The van der Waals surface area contributed by atoms with Gasteiger partial charge in [0.05, 0.1) is 3.57 Å². The van der Waals surface area contributed by atoms with Crippen LogP contribution in [0.25, 0.3) is 0 Å². The van der Waals surface area contributed by atoms with Crippen molar-refractivity contribution >= 4 is 28.5 Å². The van der Waals surface area contributed by atoms with E-state index in [1.807, 2.05) is 0 Å². The quantitative estimate of drug-likeness (QED) is 0.739. The molecule has 0 spiro atoms. The van der Waals surface area contributed by atoms with E-state index in [1.54, 1.807) is 0 Å². The summed E-state index contributed by atoms with van der Waals surface area (Å²) in [5, 5.41) is 0. The third-order valence-corrected chi connectivity index (χ3v) is 1.82. The number of alkyl halides is 3. The van der Waals surface area contributed by atoms with Crippen molar-refractivity contribution in [3.8, 4) is 0 Å². The minimum absolute atomic E-state index is 0.0608. The lowest BCUT2D eigenvalue weighted by Gasteiger charge is -2.06. The lowest BCUT2D eigenvalue weighted by atomic mass is 10.4. The second kappa shape index (κ2) is 3.04. The summed E-state index contributed by atoms with van der Waals surface area (Å²) >= 11 is 1.50. The van der Waals surface area contributed by atoms with Gasteiger partial charge in [-0.1, -0.05) is 0 Å². The van der Waals surface area contributed by atoms with E-state index >= 15 is 0 Å². The first kappa shape index (κ1) is 9.49. The maximum absolute atomic E-state index is 12.1. The third kappa shape index (κ3) is 1.96. The van der Waals surface area contributed by atoms with Gasteiger partial charge in [0.2, 0.25) is 5.95 Å². The van der Waals surface area contributed by atoms with Crippen LogP contribution >= 0.6 is 22.6 Å². The lowest BCUT2D eigenvalue weighted by Crippen LogP contribution is -2.12. The highest BCUT2D eigenvalue weighted by molar-refractivity contribution is 14.1. The topological polar surface area (TPSA) is 51.8 Å². The molecule has 0 aliphatic rings. The molecule has 0 radical (unpaired) electrons. The van der Waals surface area contributed by atoms with E-state index in [0.717, 1.165) is 6.20 Å². The van der Waals surface area contributed by atoms with Gasteiger partial charge in [-0.15, -0.1) is 0 Å². The molecule has 7 heteroatoms. The van der Waals surface area contributed by atoms with Gasteiger partial charge < -0.3 is 5.73 Å². The number of halogens is 4. The van der Waals surface area contributed by atoms with Crippen molar-refractivity contribution in [1.82, 2.24) is 9.97 Å². The first-order chi connectivity index (χ1) is 5.41. The number of hydrogen-bond donors (Lipinski definition) is 1. The predicted molar refractivity (Wildman–Crippen MR) is 44.2 cm³/mol. The molecule has 0 aliphatic heterocycles. The van der Waals surface area contributed by atoms with Gasteiger partial charge in [0.25, 0.3) is 0 Å². The Bertz CT molecular complexity index is 298. The molecule has 0 fully saturated rings. The molecule has 3 nitrogen and oxygen atoms in total. The molecule has 12 heavy (non-hydrogen) atoms. The van der Waals surface area contributed by atoms with Crippen LogP contribution in [0.4, 0.5) is 19.1 Å². The van der Waals surface area contributed by atoms with Crippen LogP contribution in [0.2, 0.25) is 0 Å². The molecule has 0 amide bonds. The molecule has 1 aromatic heterocycles. The molecule has 0 unspecified atom stereocenters. The van der Waals surface area contributed by atoms with Gasteiger partial charge in [-0.3, -0.25) is 0 Å². The van der Waals surface area contributed by atoms with E-state index in [-0.39, 0.29) is 9.52 Å². The smallest absolute Gasteiger partial charge is 0.368 e. The van der Waals surface area contributed by atoms with E-state index in [4.69, 9.17) is 5.73 Å². The summed E-state index contributed by atoms with van der Waals surface area (Å²) < 4.78 is 36.2. The van der Waals surface area contributed by atoms with Crippen LogP contribution in [0.15, 0.2) is 6.20 Å². The number of rotatable bonds is 0. The number of nitrogens with zero attached hydrogens (tertiary/aromatic N) is 2.